The molecule has 0 saturated heterocycles. The second kappa shape index (κ2) is 7.40. The maximum Gasteiger partial charge on any atom is 0.354 e. The van der Waals surface area contributed by atoms with Crippen molar-refractivity contribution in [2.75, 3.05) is 0 Å². The van der Waals surface area contributed by atoms with Crippen LogP contribution >= 0.6 is 0 Å². The van der Waals surface area contributed by atoms with Gasteiger partial charge < -0.3 is 10.2 Å². The lowest BCUT2D eigenvalue weighted by Gasteiger charge is -1.97. The first-order valence-corrected chi connectivity index (χ1v) is 7.73. The number of rotatable bonds is 2. The third-order valence-electron chi connectivity index (χ3n) is 3.64. The molecule has 0 bridgehead atoms. The Hall–Kier alpha value is -3.80. The van der Waals surface area contributed by atoms with Gasteiger partial charge in [0.1, 0.15) is 11.4 Å². The van der Waals surface area contributed by atoms with E-state index in [1.807, 2.05) is 36.4 Å². The van der Waals surface area contributed by atoms with Crippen molar-refractivity contribution in [3.8, 4) is 0 Å². The topological polar surface area (TPSA) is 100 Å². The Morgan fingerprint density at radius 2 is 0.962 bits per heavy atom. The van der Waals surface area contributed by atoms with Crippen LogP contribution in [0.4, 0.5) is 0 Å². The Labute approximate surface area is 148 Å². The summed E-state index contributed by atoms with van der Waals surface area (Å²) < 4.78 is 0. The third kappa shape index (κ3) is 3.81. The second-order valence-corrected chi connectivity index (χ2v) is 5.39. The highest BCUT2D eigenvalue weighted by Crippen LogP contribution is 2.12. The van der Waals surface area contributed by atoms with Crippen molar-refractivity contribution in [2.24, 2.45) is 0 Å². The normalized spacial score (nSPS) is 10.2. The van der Waals surface area contributed by atoms with Gasteiger partial charge in [0, 0.05) is 10.8 Å². The monoisotopic (exact) mass is 346 g/mol. The molecule has 0 unspecified atom stereocenters. The van der Waals surface area contributed by atoms with E-state index in [0.717, 1.165) is 10.8 Å². The fourth-order valence-electron chi connectivity index (χ4n) is 2.37. The highest BCUT2D eigenvalue weighted by molar-refractivity contribution is 5.90. The maximum absolute atomic E-state index is 10.6. The lowest BCUT2D eigenvalue weighted by molar-refractivity contribution is 0.0680. The number of carbonyl (C=O) groups is 2. The van der Waals surface area contributed by atoms with Gasteiger partial charge in [0.2, 0.25) is 0 Å². The smallest absolute Gasteiger partial charge is 0.354 e. The average molecular weight is 346 g/mol. The molecule has 6 heteroatoms. The van der Waals surface area contributed by atoms with Crippen molar-refractivity contribution in [3.63, 3.8) is 0 Å². The number of hydrogen-bond acceptors (Lipinski definition) is 4. The fraction of sp³-hybridized carbons (Fsp3) is 0. The highest BCUT2D eigenvalue weighted by atomic mass is 16.4. The molecule has 0 radical (unpaired) electrons. The first-order valence-electron chi connectivity index (χ1n) is 7.73. The minimum Gasteiger partial charge on any atom is -0.477 e. The van der Waals surface area contributed by atoms with Gasteiger partial charge in [-0.1, -0.05) is 48.5 Å². The van der Waals surface area contributed by atoms with Crippen LogP contribution < -0.4 is 0 Å². The van der Waals surface area contributed by atoms with Gasteiger partial charge in [-0.3, -0.25) is 0 Å². The van der Waals surface area contributed by atoms with Gasteiger partial charge in [-0.25, -0.2) is 19.6 Å². The molecule has 26 heavy (non-hydrogen) atoms. The van der Waals surface area contributed by atoms with E-state index in [1.165, 1.54) is 12.1 Å². The summed E-state index contributed by atoms with van der Waals surface area (Å²) in [6.07, 6.45) is 0. The zero-order valence-corrected chi connectivity index (χ0v) is 13.5. The quantitative estimate of drug-likeness (QED) is 0.571. The third-order valence-corrected chi connectivity index (χ3v) is 3.64. The summed E-state index contributed by atoms with van der Waals surface area (Å²) in [7, 11) is 0. The Morgan fingerprint density at radius 3 is 1.35 bits per heavy atom. The molecule has 0 amide bonds. The molecule has 6 nitrogen and oxygen atoms in total. The molecule has 0 spiro atoms. The second-order valence-electron chi connectivity index (χ2n) is 5.39. The number of fused-ring (bicyclic) bond motifs is 2. The van der Waals surface area contributed by atoms with Crippen LogP contribution in [-0.4, -0.2) is 32.1 Å². The van der Waals surface area contributed by atoms with E-state index < -0.39 is 11.9 Å². The molecular formula is C20H14N2O4. The number of aromatic nitrogens is 2. The van der Waals surface area contributed by atoms with Crippen LogP contribution in [0.25, 0.3) is 21.8 Å². The standard InChI is InChI=1S/2C10H7NO2/c2*12-10(13)9-6-5-7-3-1-2-4-8(7)11-9/h2*1-6H,(H,12,13). The van der Waals surface area contributed by atoms with Crippen molar-refractivity contribution in [3.05, 3.63) is 84.2 Å². The number of aromatic carboxylic acids is 2. The number of carboxylic acid groups (broad SMARTS) is 2. The van der Waals surface area contributed by atoms with Gasteiger partial charge in [0.15, 0.2) is 0 Å². The van der Waals surface area contributed by atoms with Gasteiger partial charge in [-0.2, -0.15) is 0 Å². The van der Waals surface area contributed by atoms with Crippen molar-refractivity contribution in [1.82, 2.24) is 9.97 Å². The van der Waals surface area contributed by atoms with Gasteiger partial charge in [0.05, 0.1) is 11.0 Å². The lowest BCUT2D eigenvalue weighted by Crippen LogP contribution is -1.99. The molecule has 0 aliphatic heterocycles. The first kappa shape index (κ1) is 17.0. The molecule has 2 heterocycles. The number of pyridine rings is 2. The molecular weight excluding hydrogens is 332 g/mol. The molecule has 128 valence electrons. The van der Waals surface area contributed by atoms with E-state index in [0.29, 0.717) is 11.0 Å². The fourth-order valence-corrected chi connectivity index (χ4v) is 2.37. The van der Waals surface area contributed by atoms with Crippen LogP contribution in [0.15, 0.2) is 72.8 Å². The predicted molar refractivity (Wildman–Crippen MR) is 97.4 cm³/mol. The molecule has 0 aliphatic carbocycles. The Bertz CT molecular complexity index is 1020. The van der Waals surface area contributed by atoms with E-state index in [9.17, 15) is 9.59 Å². The van der Waals surface area contributed by atoms with Crippen molar-refractivity contribution in [2.45, 2.75) is 0 Å². The summed E-state index contributed by atoms with van der Waals surface area (Å²) in [5, 5.41) is 19.3. The Balaban J connectivity index is 0.000000151. The number of nitrogens with zero attached hydrogens (tertiary/aromatic N) is 2. The number of carboxylic acids is 2. The molecule has 2 aromatic carbocycles. The first-order chi connectivity index (χ1) is 12.5. The van der Waals surface area contributed by atoms with Crippen LogP contribution in [0, 0.1) is 0 Å². The minimum atomic E-state index is -0.995. The molecule has 2 N–H and O–H groups in total. The average Bonchev–Trinajstić information content (AvgIpc) is 2.67. The summed E-state index contributed by atoms with van der Waals surface area (Å²) in [6.45, 7) is 0. The van der Waals surface area contributed by atoms with Crippen molar-refractivity contribution < 1.29 is 19.8 Å². The van der Waals surface area contributed by atoms with Crippen molar-refractivity contribution in [1.29, 1.82) is 0 Å². The van der Waals surface area contributed by atoms with E-state index in [1.54, 1.807) is 24.3 Å². The summed E-state index contributed by atoms with van der Waals surface area (Å²) >= 11 is 0. The largest absolute Gasteiger partial charge is 0.477 e. The van der Waals surface area contributed by atoms with Crippen molar-refractivity contribution >= 4 is 33.7 Å². The summed E-state index contributed by atoms with van der Waals surface area (Å²) in [5.41, 5.74) is 1.59. The van der Waals surface area contributed by atoms with Crippen LogP contribution in [0.2, 0.25) is 0 Å². The van der Waals surface area contributed by atoms with E-state index >= 15 is 0 Å². The van der Waals surface area contributed by atoms with E-state index in [2.05, 4.69) is 9.97 Å². The molecule has 4 aromatic rings. The molecule has 0 fully saturated rings. The summed E-state index contributed by atoms with van der Waals surface area (Å²) in [5.74, 6) is -1.99. The van der Waals surface area contributed by atoms with Gasteiger partial charge in [-0.15, -0.1) is 0 Å². The molecule has 4 rings (SSSR count). The van der Waals surface area contributed by atoms with Gasteiger partial charge in [0.25, 0.3) is 0 Å². The molecule has 0 saturated carbocycles. The molecule has 0 atom stereocenters. The molecule has 0 aliphatic rings. The Morgan fingerprint density at radius 1 is 0.577 bits per heavy atom. The summed E-state index contributed by atoms with van der Waals surface area (Å²) in [6, 6.07) is 21.4. The number of benzene rings is 2. The SMILES string of the molecule is O=C(O)c1ccc2ccccc2n1.O=C(O)c1ccc2ccccc2n1. The number of hydrogen-bond donors (Lipinski definition) is 2. The molecule has 2 aromatic heterocycles. The van der Waals surface area contributed by atoms with Crippen LogP contribution in [0.5, 0.6) is 0 Å². The maximum atomic E-state index is 10.6. The zero-order valence-electron chi connectivity index (χ0n) is 13.5. The van der Waals surface area contributed by atoms with Gasteiger partial charge in [-0.05, 0) is 24.3 Å². The lowest BCUT2D eigenvalue weighted by atomic mass is 10.2. The zero-order chi connectivity index (χ0) is 18.5. The van der Waals surface area contributed by atoms with E-state index in [4.69, 9.17) is 10.2 Å². The van der Waals surface area contributed by atoms with Crippen LogP contribution in [0.1, 0.15) is 21.0 Å². The summed E-state index contributed by atoms with van der Waals surface area (Å²) in [4.78, 5) is 29.1. The predicted octanol–water partition coefficient (Wildman–Crippen LogP) is 3.87. The highest BCUT2D eigenvalue weighted by Gasteiger charge is 2.04. The minimum absolute atomic E-state index is 0.0821. The van der Waals surface area contributed by atoms with E-state index in [-0.39, 0.29) is 11.4 Å². The van der Waals surface area contributed by atoms with Crippen LogP contribution in [-0.2, 0) is 0 Å². The van der Waals surface area contributed by atoms with Crippen LogP contribution in [0.3, 0.4) is 0 Å². The number of para-hydroxylation sites is 2. The van der Waals surface area contributed by atoms with Gasteiger partial charge >= 0.3 is 11.9 Å². The Kier molecular flexibility index (Phi) is 4.85.